The van der Waals surface area contributed by atoms with E-state index in [1.165, 1.54) is 31.9 Å². The van der Waals surface area contributed by atoms with Gasteiger partial charge in [0.1, 0.15) is 5.75 Å². The molecule has 2 aromatic carbocycles. The molecule has 4 heteroatoms. The van der Waals surface area contributed by atoms with Gasteiger partial charge in [0.2, 0.25) is 0 Å². The van der Waals surface area contributed by atoms with Crippen LogP contribution in [0, 0.1) is 31.3 Å². The van der Waals surface area contributed by atoms with E-state index in [2.05, 4.69) is 61.7 Å². The number of para-hydroxylation sites is 1. The number of phenols is 1. The first-order chi connectivity index (χ1) is 11.1. The van der Waals surface area contributed by atoms with Gasteiger partial charge in [-0.3, -0.25) is 4.79 Å². The molecule has 0 radical (unpaired) electrons. The van der Waals surface area contributed by atoms with Gasteiger partial charge in [-0.25, -0.2) is 0 Å². The molecule has 0 saturated carbocycles. The molecule has 2 rings (SSSR count). The quantitative estimate of drug-likeness (QED) is 0.644. The van der Waals surface area contributed by atoms with Gasteiger partial charge in [-0.1, -0.05) is 12.1 Å². The molecule has 0 aliphatic rings. The number of hydrogen-bond acceptors (Lipinski definition) is 2. The van der Waals surface area contributed by atoms with Crippen molar-refractivity contribution in [3.63, 3.8) is 0 Å². The molecule has 3 nitrogen and oxygen atoms in total. The van der Waals surface area contributed by atoms with E-state index in [1.54, 1.807) is 18.2 Å². The van der Waals surface area contributed by atoms with E-state index in [1.807, 2.05) is 13.8 Å². The second-order valence-corrected chi connectivity index (χ2v) is 7.36. The van der Waals surface area contributed by atoms with Crippen LogP contribution in [-0.4, -0.2) is 17.1 Å². The lowest BCUT2D eigenvalue weighted by Crippen LogP contribution is -2.30. The highest BCUT2D eigenvalue weighted by molar-refractivity contribution is 14.1. The van der Waals surface area contributed by atoms with Crippen LogP contribution < -0.4 is 5.32 Å². The highest BCUT2D eigenvalue weighted by Crippen LogP contribution is 2.22. The van der Waals surface area contributed by atoms with Crippen molar-refractivity contribution < 1.29 is 9.90 Å². The lowest BCUT2D eigenvalue weighted by Gasteiger charge is -2.09. The third-order valence-corrected chi connectivity index (χ3v) is 5.11. The number of hydrogen-bond donors (Lipinski definition) is 2. The first-order valence-corrected chi connectivity index (χ1v) is 9.04. The zero-order chi connectivity index (χ0) is 18.4. The topological polar surface area (TPSA) is 49.3 Å². The van der Waals surface area contributed by atoms with E-state index in [-0.39, 0.29) is 17.7 Å². The SMILES string of the molecule is CC(C)NC(=O)c1ccccc1O.Cc1cc(I)c(C)c(C)c1C. The summed E-state index contributed by atoms with van der Waals surface area (Å²) in [5, 5.41) is 12.0. The normalized spacial score (nSPS) is 10.2. The zero-order valence-corrected chi connectivity index (χ0v) is 17.4. The first-order valence-electron chi connectivity index (χ1n) is 7.96. The van der Waals surface area contributed by atoms with Crippen molar-refractivity contribution in [3.8, 4) is 5.75 Å². The van der Waals surface area contributed by atoms with Crippen molar-refractivity contribution in [2.45, 2.75) is 47.6 Å². The van der Waals surface area contributed by atoms with Crippen LogP contribution in [0.5, 0.6) is 5.75 Å². The average Bonchev–Trinajstić information content (AvgIpc) is 2.51. The number of benzene rings is 2. The van der Waals surface area contributed by atoms with Crippen molar-refractivity contribution in [1.29, 1.82) is 0 Å². The largest absolute Gasteiger partial charge is 0.507 e. The fourth-order valence-electron chi connectivity index (χ4n) is 2.17. The number of nitrogens with one attached hydrogen (secondary N) is 1. The predicted octanol–water partition coefficient (Wildman–Crippen LogP) is 5.06. The lowest BCUT2D eigenvalue weighted by molar-refractivity contribution is 0.0940. The maximum Gasteiger partial charge on any atom is 0.255 e. The summed E-state index contributed by atoms with van der Waals surface area (Å²) in [6.07, 6.45) is 0. The molecule has 0 aliphatic heterocycles. The number of aromatic hydroxyl groups is 1. The third kappa shape index (κ3) is 5.51. The van der Waals surface area contributed by atoms with Crippen LogP contribution in [0.25, 0.3) is 0 Å². The molecule has 0 spiro atoms. The minimum Gasteiger partial charge on any atom is -0.507 e. The molecule has 0 aromatic heterocycles. The maximum atomic E-state index is 11.4. The van der Waals surface area contributed by atoms with Crippen molar-refractivity contribution in [2.75, 3.05) is 0 Å². The summed E-state index contributed by atoms with van der Waals surface area (Å²) in [5.74, 6) is -0.228. The van der Waals surface area contributed by atoms with Crippen LogP contribution in [0.3, 0.4) is 0 Å². The monoisotopic (exact) mass is 439 g/mol. The molecule has 2 aromatic rings. The molecule has 0 bridgehead atoms. The Hall–Kier alpha value is -1.56. The van der Waals surface area contributed by atoms with Crippen molar-refractivity contribution in [1.82, 2.24) is 5.32 Å². The van der Waals surface area contributed by atoms with Gasteiger partial charge < -0.3 is 10.4 Å². The van der Waals surface area contributed by atoms with Gasteiger partial charge in [-0.05, 0) is 105 Å². The molecule has 0 fully saturated rings. The summed E-state index contributed by atoms with van der Waals surface area (Å²) in [7, 11) is 0. The smallest absolute Gasteiger partial charge is 0.255 e. The van der Waals surface area contributed by atoms with Crippen LogP contribution in [-0.2, 0) is 0 Å². The van der Waals surface area contributed by atoms with Crippen LogP contribution in [0.4, 0.5) is 0 Å². The number of phenolic OH excluding ortho intramolecular Hbond substituents is 1. The summed E-state index contributed by atoms with van der Waals surface area (Å²) < 4.78 is 1.38. The van der Waals surface area contributed by atoms with Crippen LogP contribution in [0.1, 0.15) is 46.5 Å². The Bertz CT molecular complexity index is 698. The Morgan fingerprint density at radius 2 is 1.62 bits per heavy atom. The van der Waals surface area contributed by atoms with Crippen molar-refractivity contribution in [3.05, 3.63) is 61.7 Å². The van der Waals surface area contributed by atoms with Gasteiger partial charge in [-0.2, -0.15) is 0 Å². The Kier molecular flexibility index (Phi) is 7.73. The maximum absolute atomic E-state index is 11.4. The van der Waals surface area contributed by atoms with Crippen LogP contribution in [0.2, 0.25) is 0 Å². The molecular formula is C20H26INO2. The predicted molar refractivity (Wildman–Crippen MR) is 109 cm³/mol. The van der Waals surface area contributed by atoms with E-state index >= 15 is 0 Å². The summed E-state index contributed by atoms with van der Waals surface area (Å²) in [6.45, 7) is 12.5. The lowest BCUT2D eigenvalue weighted by atomic mass is 10.0. The minimum atomic E-state index is -0.242. The van der Waals surface area contributed by atoms with Gasteiger partial charge in [0.25, 0.3) is 5.91 Å². The highest BCUT2D eigenvalue weighted by atomic mass is 127. The number of amides is 1. The molecule has 0 unspecified atom stereocenters. The summed E-state index contributed by atoms with van der Waals surface area (Å²) >= 11 is 2.39. The molecule has 0 atom stereocenters. The van der Waals surface area contributed by atoms with Crippen LogP contribution >= 0.6 is 22.6 Å². The average molecular weight is 439 g/mol. The summed E-state index contributed by atoms with van der Waals surface area (Å²) in [5.41, 5.74) is 6.01. The Balaban J connectivity index is 0.000000243. The Morgan fingerprint density at radius 3 is 2.17 bits per heavy atom. The van der Waals surface area contributed by atoms with Crippen LogP contribution in [0.15, 0.2) is 30.3 Å². The van der Waals surface area contributed by atoms with Gasteiger partial charge in [0.15, 0.2) is 0 Å². The fourth-order valence-corrected chi connectivity index (χ4v) is 3.04. The second-order valence-electron chi connectivity index (χ2n) is 6.20. The third-order valence-electron chi connectivity index (χ3n) is 3.99. The first kappa shape index (κ1) is 20.5. The van der Waals surface area contributed by atoms with Crippen molar-refractivity contribution >= 4 is 28.5 Å². The number of aryl methyl sites for hydroxylation is 1. The van der Waals surface area contributed by atoms with Gasteiger partial charge >= 0.3 is 0 Å². The Labute approximate surface area is 158 Å². The second kappa shape index (κ2) is 9.06. The summed E-state index contributed by atoms with van der Waals surface area (Å²) in [4.78, 5) is 11.4. The molecule has 0 heterocycles. The molecule has 0 aliphatic carbocycles. The van der Waals surface area contributed by atoms with Crippen molar-refractivity contribution in [2.24, 2.45) is 0 Å². The van der Waals surface area contributed by atoms with E-state index in [0.29, 0.717) is 5.56 Å². The number of halogens is 1. The van der Waals surface area contributed by atoms with E-state index in [0.717, 1.165) is 0 Å². The zero-order valence-electron chi connectivity index (χ0n) is 15.2. The van der Waals surface area contributed by atoms with E-state index in [4.69, 9.17) is 0 Å². The number of carbonyl (C=O) groups excluding carboxylic acids is 1. The molecule has 1 amide bonds. The molecule has 0 saturated heterocycles. The summed E-state index contributed by atoms with van der Waals surface area (Å²) in [6, 6.07) is 8.81. The fraction of sp³-hybridized carbons (Fsp3) is 0.350. The molecule has 24 heavy (non-hydrogen) atoms. The Morgan fingerprint density at radius 1 is 1.04 bits per heavy atom. The number of rotatable bonds is 2. The van der Waals surface area contributed by atoms with E-state index < -0.39 is 0 Å². The minimum absolute atomic E-state index is 0.0145. The van der Waals surface area contributed by atoms with Gasteiger partial charge in [0.05, 0.1) is 5.56 Å². The standard InChI is InChI=1S/C10H13I.C10H13NO2/c1-6-5-10(11)9(4)8(3)7(6)2;1-7(2)11-10(13)8-5-3-4-6-9(8)12/h5H,1-4H3;3-7,12H,1-2H3,(H,11,13). The van der Waals surface area contributed by atoms with Gasteiger partial charge in [-0.15, -0.1) is 0 Å². The molecule has 130 valence electrons. The highest BCUT2D eigenvalue weighted by Gasteiger charge is 2.10. The molecule has 2 N–H and O–H groups in total. The van der Waals surface area contributed by atoms with E-state index in [9.17, 15) is 9.90 Å². The van der Waals surface area contributed by atoms with Gasteiger partial charge in [0, 0.05) is 9.61 Å². The number of carbonyl (C=O) groups is 1. The molecular weight excluding hydrogens is 413 g/mol.